The third-order valence-corrected chi connectivity index (χ3v) is 2.13. The Morgan fingerprint density at radius 1 is 1.53 bits per heavy atom. The van der Waals surface area contributed by atoms with Gasteiger partial charge in [0.15, 0.2) is 0 Å². The fourth-order valence-electron chi connectivity index (χ4n) is 1.10. The number of rotatable bonds is 6. The molecule has 1 fully saturated rings. The number of ether oxygens (including phenoxy) is 1. The van der Waals surface area contributed by atoms with Gasteiger partial charge in [-0.1, -0.05) is 13.8 Å². The number of nitrogens with one attached hydrogen (secondary N) is 2. The summed E-state index contributed by atoms with van der Waals surface area (Å²) in [6.45, 7) is 7.30. The Morgan fingerprint density at radius 2 is 2.20 bits per heavy atom. The fourth-order valence-corrected chi connectivity index (χ4v) is 1.10. The van der Waals surface area contributed by atoms with Gasteiger partial charge in [-0.2, -0.15) is 0 Å². The summed E-state index contributed by atoms with van der Waals surface area (Å²) in [5, 5.41) is 5.97. The van der Waals surface area contributed by atoms with Gasteiger partial charge < -0.3 is 15.4 Å². The summed E-state index contributed by atoms with van der Waals surface area (Å²) < 4.78 is 5.43. The minimum absolute atomic E-state index is 0. The quantitative estimate of drug-likeness (QED) is 0.709. The molecule has 15 heavy (non-hydrogen) atoms. The first kappa shape index (κ1) is 14.7. The van der Waals surface area contributed by atoms with Crippen molar-refractivity contribution in [2.24, 2.45) is 5.92 Å². The van der Waals surface area contributed by atoms with Crippen LogP contribution >= 0.6 is 12.4 Å². The van der Waals surface area contributed by atoms with E-state index < -0.39 is 0 Å². The molecule has 1 amide bonds. The van der Waals surface area contributed by atoms with Crippen LogP contribution in [0.5, 0.6) is 0 Å². The van der Waals surface area contributed by atoms with E-state index in [2.05, 4.69) is 24.5 Å². The van der Waals surface area contributed by atoms with Crippen LogP contribution in [0, 0.1) is 5.92 Å². The summed E-state index contributed by atoms with van der Waals surface area (Å²) in [6, 6.07) is 0. The molecule has 0 aromatic heterocycles. The first-order valence-corrected chi connectivity index (χ1v) is 5.27. The Kier molecular flexibility index (Phi) is 7.74. The molecule has 0 radical (unpaired) electrons. The number of carbonyl (C=O) groups is 1. The Morgan fingerprint density at radius 3 is 2.67 bits per heavy atom. The lowest BCUT2D eigenvalue weighted by molar-refractivity contribution is -0.123. The molecule has 0 unspecified atom stereocenters. The van der Waals surface area contributed by atoms with E-state index >= 15 is 0 Å². The molecule has 5 heteroatoms. The number of carbonyl (C=O) groups excluding carboxylic acids is 1. The fraction of sp³-hybridized carbons (Fsp3) is 0.900. The number of hydrogen-bond acceptors (Lipinski definition) is 3. The second-order valence-corrected chi connectivity index (χ2v) is 4.10. The maximum absolute atomic E-state index is 11.2. The van der Waals surface area contributed by atoms with Crippen LogP contribution in [0.4, 0.5) is 0 Å². The minimum Gasteiger partial charge on any atom is -0.375 e. The van der Waals surface area contributed by atoms with Crippen molar-refractivity contribution < 1.29 is 9.53 Å². The molecule has 0 atom stereocenters. The molecule has 4 nitrogen and oxygen atoms in total. The maximum Gasteiger partial charge on any atom is 0.222 e. The van der Waals surface area contributed by atoms with Gasteiger partial charge in [-0.3, -0.25) is 4.79 Å². The van der Waals surface area contributed by atoms with Crippen LogP contribution < -0.4 is 10.6 Å². The Balaban J connectivity index is 0.00000196. The monoisotopic (exact) mass is 236 g/mol. The van der Waals surface area contributed by atoms with Crippen molar-refractivity contribution in [2.45, 2.75) is 26.4 Å². The van der Waals surface area contributed by atoms with Crippen LogP contribution in [-0.4, -0.2) is 38.3 Å². The van der Waals surface area contributed by atoms with Crippen molar-refractivity contribution in [3.63, 3.8) is 0 Å². The summed E-state index contributed by atoms with van der Waals surface area (Å²) >= 11 is 0. The highest BCUT2D eigenvalue weighted by Gasteiger charge is 2.16. The van der Waals surface area contributed by atoms with E-state index in [1.165, 1.54) is 0 Å². The van der Waals surface area contributed by atoms with E-state index in [0.717, 1.165) is 19.6 Å². The van der Waals surface area contributed by atoms with Crippen molar-refractivity contribution in [1.29, 1.82) is 0 Å². The standard InChI is InChI=1S/C10H20N2O2.ClH/c1-8(2)5-12-10(13)3-4-14-9-6-11-7-9;/h8-9,11H,3-7H2,1-2H3,(H,12,13);1H. The second-order valence-electron chi connectivity index (χ2n) is 4.10. The largest absolute Gasteiger partial charge is 0.375 e. The average molecular weight is 237 g/mol. The lowest BCUT2D eigenvalue weighted by Gasteiger charge is -2.26. The SMILES string of the molecule is CC(C)CNC(=O)CCOC1CNC1.Cl. The zero-order valence-electron chi connectivity index (χ0n) is 9.41. The van der Waals surface area contributed by atoms with Crippen LogP contribution in [-0.2, 0) is 9.53 Å². The molecule has 0 aromatic carbocycles. The molecule has 1 rings (SSSR count). The molecule has 0 aromatic rings. The van der Waals surface area contributed by atoms with Gasteiger partial charge in [-0.15, -0.1) is 12.4 Å². The second kappa shape index (κ2) is 7.91. The van der Waals surface area contributed by atoms with E-state index in [-0.39, 0.29) is 18.3 Å². The maximum atomic E-state index is 11.2. The van der Waals surface area contributed by atoms with Crippen LogP contribution in [0.25, 0.3) is 0 Å². The van der Waals surface area contributed by atoms with Gasteiger partial charge in [-0.05, 0) is 5.92 Å². The van der Waals surface area contributed by atoms with Gasteiger partial charge in [-0.25, -0.2) is 0 Å². The molecule has 0 spiro atoms. The van der Waals surface area contributed by atoms with Gasteiger partial charge in [0, 0.05) is 26.1 Å². The van der Waals surface area contributed by atoms with Crippen molar-refractivity contribution in [3.8, 4) is 0 Å². The molecule has 1 aliphatic heterocycles. The van der Waals surface area contributed by atoms with Gasteiger partial charge in [0.25, 0.3) is 0 Å². The molecular formula is C10H21ClN2O2. The Labute approximate surface area is 97.5 Å². The summed E-state index contributed by atoms with van der Waals surface area (Å²) in [5.41, 5.74) is 0. The molecule has 1 saturated heterocycles. The van der Waals surface area contributed by atoms with E-state index in [9.17, 15) is 4.79 Å². The first-order valence-electron chi connectivity index (χ1n) is 5.27. The normalized spacial score (nSPS) is 15.7. The zero-order valence-corrected chi connectivity index (χ0v) is 10.2. The number of halogens is 1. The van der Waals surface area contributed by atoms with Gasteiger partial charge in [0.1, 0.15) is 0 Å². The van der Waals surface area contributed by atoms with Gasteiger partial charge >= 0.3 is 0 Å². The average Bonchev–Trinajstić information content (AvgIpc) is 2.06. The zero-order chi connectivity index (χ0) is 10.4. The highest BCUT2D eigenvalue weighted by Crippen LogP contribution is 1.98. The van der Waals surface area contributed by atoms with Crippen molar-refractivity contribution in [2.75, 3.05) is 26.2 Å². The molecule has 0 bridgehead atoms. The minimum atomic E-state index is 0. The molecule has 2 N–H and O–H groups in total. The summed E-state index contributed by atoms with van der Waals surface area (Å²) in [7, 11) is 0. The van der Waals surface area contributed by atoms with E-state index in [1.54, 1.807) is 0 Å². The van der Waals surface area contributed by atoms with Crippen LogP contribution in [0.3, 0.4) is 0 Å². The van der Waals surface area contributed by atoms with Crippen molar-refractivity contribution in [1.82, 2.24) is 10.6 Å². The van der Waals surface area contributed by atoms with E-state index in [1.807, 2.05) is 0 Å². The molecule has 0 aliphatic carbocycles. The van der Waals surface area contributed by atoms with Gasteiger partial charge in [0.05, 0.1) is 12.7 Å². The smallest absolute Gasteiger partial charge is 0.222 e. The van der Waals surface area contributed by atoms with Crippen LogP contribution in [0.2, 0.25) is 0 Å². The van der Waals surface area contributed by atoms with Crippen LogP contribution in [0.1, 0.15) is 20.3 Å². The Hall–Kier alpha value is -0.320. The van der Waals surface area contributed by atoms with E-state index in [0.29, 0.717) is 25.0 Å². The molecule has 90 valence electrons. The molecule has 1 aliphatic rings. The van der Waals surface area contributed by atoms with Crippen LogP contribution in [0.15, 0.2) is 0 Å². The number of amides is 1. The third-order valence-electron chi connectivity index (χ3n) is 2.13. The summed E-state index contributed by atoms with van der Waals surface area (Å²) in [5.74, 6) is 0.599. The number of hydrogen-bond donors (Lipinski definition) is 2. The first-order chi connectivity index (χ1) is 6.68. The molecule has 0 saturated carbocycles. The van der Waals surface area contributed by atoms with Gasteiger partial charge in [0.2, 0.25) is 5.91 Å². The van der Waals surface area contributed by atoms with E-state index in [4.69, 9.17) is 4.74 Å². The summed E-state index contributed by atoms with van der Waals surface area (Å²) in [4.78, 5) is 11.2. The lowest BCUT2D eigenvalue weighted by Crippen LogP contribution is -2.48. The highest BCUT2D eigenvalue weighted by atomic mass is 35.5. The summed E-state index contributed by atoms with van der Waals surface area (Å²) in [6.07, 6.45) is 0.802. The lowest BCUT2D eigenvalue weighted by atomic mass is 10.2. The molecule has 1 heterocycles. The van der Waals surface area contributed by atoms with Crippen molar-refractivity contribution in [3.05, 3.63) is 0 Å². The predicted octanol–water partition coefficient (Wildman–Crippen LogP) is 0.559. The van der Waals surface area contributed by atoms with Crippen molar-refractivity contribution >= 4 is 18.3 Å². The topological polar surface area (TPSA) is 50.4 Å². The highest BCUT2D eigenvalue weighted by molar-refractivity contribution is 5.85. The molecular weight excluding hydrogens is 216 g/mol. The third kappa shape index (κ3) is 6.71. The Bertz CT molecular complexity index is 184. The predicted molar refractivity (Wildman–Crippen MR) is 62.3 cm³/mol.